The quantitative estimate of drug-likeness (QED) is 0.0136. The van der Waals surface area contributed by atoms with Crippen LogP contribution in [0.3, 0.4) is 0 Å². The highest BCUT2D eigenvalue weighted by atomic mass is 32.1. The van der Waals surface area contributed by atoms with Gasteiger partial charge in [0.15, 0.2) is 6.10 Å². The summed E-state index contributed by atoms with van der Waals surface area (Å²) in [5.41, 5.74) is 6.19. The van der Waals surface area contributed by atoms with Crippen molar-refractivity contribution >= 4 is 77.0 Å². The molecule has 9 rings (SSSR count). The maximum atomic E-state index is 15.2. The van der Waals surface area contributed by atoms with E-state index in [0.29, 0.717) is 66.8 Å². The van der Waals surface area contributed by atoms with E-state index in [0.717, 1.165) is 33.2 Å². The molecule has 0 radical (unpaired) electrons. The molecule has 3 unspecified atom stereocenters. The molecule has 4 atom stereocenters. The smallest absolute Gasteiger partial charge is 0.340 e. The van der Waals surface area contributed by atoms with Crippen molar-refractivity contribution in [2.75, 3.05) is 51.1 Å². The van der Waals surface area contributed by atoms with Crippen molar-refractivity contribution < 1.29 is 62.1 Å². The Morgan fingerprint density at radius 1 is 0.926 bits per heavy atom. The highest BCUT2D eigenvalue weighted by Gasteiger charge is 2.42. The van der Waals surface area contributed by atoms with Crippen molar-refractivity contribution in [1.82, 2.24) is 36.1 Å². The third-order valence-corrected chi connectivity index (χ3v) is 14.7. The van der Waals surface area contributed by atoms with E-state index in [4.69, 9.17) is 19.2 Å². The third-order valence-electron chi connectivity index (χ3n) is 14.3. The number of nitrogens with zero attached hydrogens (tertiary/aromatic N) is 3. The van der Waals surface area contributed by atoms with Crippen molar-refractivity contribution in [2.24, 2.45) is 0 Å². The van der Waals surface area contributed by atoms with Crippen LogP contribution in [0, 0.1) is 12.7 Å². The number of rotatable bonds is 21. The number of carbonyl (C=O) groups is 8. The van der Waals surface area contributed by atoms with Gasteiger partial charge in [-0.05, 0) is 79.1 Å². The van der Waals surface area contributed by atoms with E-state index in [1.54, 1.807) is 54.0 Å². The summed E-state index contributed by atoms with van der Waals surface area (Å²) in [6, 6.07) is 18.2. The lowest BCUT2D eigenvalue weighted by Gasteiger charge is -2.37. The zero-order valence-electron chi connectivity index (χ0n) is 45.8. The zero-order chi connectivity index (χ0) is 58.5. The van der Waals surface area contributed by atoms with Gasteiger partial charge in [-0.1, -0.05) is 63.2 Å². The Bertz CT molecular complexity index is 3270. The molecule has 1 saturated heterocycles. The molecular formula is C58H67FN8O13S. The first-order valence-electron chi connectivity index (χ1n) is 26.8. The number of benzene rings is 3. The summed E-state index contributed by atoms with van der Waals surface area (Å²) < 4.78 is 33.6. The number of fused-ring (bicyclic) bond motifs is 5. The number of esters is 1. The topological polar surface area (TPSA) is 283 Å². The van der Waals surface area contributed by atoms with E-state index in [9.17, 15) is 48.3 Å². The van der Waals surface area contributed by atoms with Crippen LogP contribution in [-0.4, -0.2) is 120 Å². The summed E-state index contributed by atoms with van der Waals surface area (Å²) in [6.45, 7) is 9.98. The Morgan fingerprint density at radius 3 is 2.35 bits per heavy atom. The van der Waals surface area contributed by atoms with Gasteiger partial charge >= 0.3 is 5.97 Å². The minimum Gasteiger partial charge on any atom is -0.458 e. The molecule has 81 heavy (non-hydrogen) atoms. The Hall–Kier alpha value is -7.86. The van der Waals surface area contributed by atoms with Crippen LogP contribution in [0.15, 0.2) is 71.5 Å². The molecule has 6 N–H and O–H groups in total. The number of pyridine rings is 2. The van der Waals surface area contributed by atoms with Crippen molar-refractivity contribution in [1.29, 1.82) is 0 Å². The van der Waals surface area contributed by atoms with Crippen LogP contribution in [-0.2, 0) is 90.4 Å². The second kappa shape index (κ2) is 27.5. The molecule has 4 aliphatic rings. The van der Waals surface area contributed by atoms with Gasteiger partial charge in [0.05, 0.1) is 72.9 Å². The maximum absolute atomic E-state index is 15.2. The number of anilines is 1. The molecule has 21 nitrogen and oxygen atoms in total. The number of cyclic esters (lactones) is 1. The normalized spacial score (nSPS) is 17.7. The minimum absolute atomic E-state index is 0.0180. The number of imide groups is 1. The number of aliphatic hydroxyl groups excluding tert-OH is 1. The average molecular weight is 1140 g/mol. The Kier molecular flexibility index (Phi) is 20.7. The number of halogens is 1. The summed E-state index contributed by atoms with van der Waals surface area (Å²) in [6.07, 6.45) is 1.33. The van der Waals surface area contributed by atoms with E-state index in [1.807, 2.05) is 39.0 Å². The van der Waals surface area contributed by atoms with Crippen LogP contribution in [0.1, 0.15) is 97.6 Å². The number of amides is 7. The molecule has 7 amide bonds. The van der Waals surface area contributed by atoms with Crippen LogP contribution in [0.25, 0.3) is 22.3 Å². The number of aliphatic hydroxyl groups is 1. The van der Waals surface area contributed by atoms with E-state index in [1.165, 1.54) is 11.0 Å². The van der Waals surface area contributed by atoms with Crippen LogP contribution in [0.4, 0.5) is 10.1 Å². The molecule has 430 valence electrons. The number of aromatic nitrogens is 2. The SMILES string of the molecule is CC.CCNC(=O)CCc1ccc(N2C(=O)CC(S)C2=O)cc1.Cc1c(F)cc2nc3c(c4c2c1CC[C@@]4(C)COCCOCNC(=O)CNC(=O)C(Cc1ccccc1)NC(=O)CNC=O)Cn1c-3cc2c(c1=O)COC(=O)C2O. The molecular weight excluding hydrogens is 1070 g/mol. The summed E-state index contributed by atoms with van der Waals surface area (Å²) in [7, 11) is 0. The number of carbonyl (C=O) groups excluding carboxylic acids is 8. The fraction of sp³-hybridized carbons (Fsp3) is 0.414. The lowest BCUT2D eigenvalue weighted by Crippen LogP contribution is -2.51. The van der Waals surface area contributed by atoms with Crippen molar-refractivity contribution in [3.63, 3.8) is 0 Å². The average Bonchev–Trinajstić information content (AvgIpc) is 4.16. The van der Waals surface area contributed by atoms with Gasteiger partial charge in [0.25, 0.3) is 5.56 Å². The van der Waals surface area contributed by atoms with Gasteiger partial charge in [0.2, 0.25) is 41.9 Å². The lowest BCUT2D eigenvalue weighted by atomic mass is 9.69. The molecule has 5 heterocycles. The zero-order valence-corrected chi connectivity index (χ0v) is 46.7. The number of hydrogen-bond acceptors (Lipinski definition) is 15. The maximum Gasteiger partial charge on any atom is 0.340 e. The number of ether oxygens (including phenoxy) is 3. The molecule has 2 aromatic heterocycles. The summed E-state index contributed by atoms with van der Waals surface area (Å²) in [5.74, 6) is -3.37. The Labute approximate surface area is 472 Å². The van der Waals surface area contributed by atoms with E-state index in [-0.39, 0.29) is 100 Å². The second-order valence-corrected chi connectivity index (χ2v) is 20.4. The first-order valence-corrected chi connectivity index (χ1v) is 27.3. The van der Waals surface area contributed by atoms with Gasteiger partial charge in [-0.2, -0.15) is 12.6 Å². The minimum atomic E-state index is -1.60. The largest absolute Gasteiger partial charge is 0.458 e. The van der Waals surface area contributed by atoms with Gasteiger partial charge in [-0.25, -0.2) is 19.1 Å². The van der Waals surface area contributed by atoms with E-state index >= 15 is 4.39 Å². The van der Waals surface area contributed by atoms with Crippen LogP contribution in [0.2, 0.25) is 0 Å². The fourth-order valence-electron chi connectivity index (χ4n) is 10.2. The predicted molar refractivity (Wildman–Crippen MR) is 299 cm³/mol. The number of thiol groups is 1. The molecule has 5 aromatic rings. The molecule has 1 fully saturated rings. The molecule has 0 spiro atoms. The van der Waals surface area contributed by atoms with E-state index in [2.05, 4.69) is 46.1 Å². The van der Waals surface area contributed by atoms with Gasteiger partial charge in [0.1, 0.15) is 25.2 Å². The van der Waals surface area contributed by atoms with Crippen molar-refractivity contribution in [2.45, 2.75) is 109 Å². The molecule has 23 heteroatoms. The number of nitrogens with one attached hydrogen (secondary N) is 5. The molecule has 3 aromatic carbocycles. The van der Waals surface area contributed by atoms with Gasteiger partial charge in [-0.15, -0.1) is 0 Å². The third kappa shape index (κ3) is 14.0. The monoisotopic (exact) mass is 1130 g/mol. The van der Waals surface area contributed by atoms with Gasteiger partial charge < -0.3 is 50.5 Å². The highest BCUT2D eigenvalue weighted by Crippen LogP contribution is 2.48. The second-order valence-electron chi connectivity index (χ2n) is 19.7. The number of hydrogen-bond donors (Lipinski definition) is 7. The van der Waals surface area contributed by atoms with E-state index < -0.39 is 52.1 Å². The summed E-state index contributed by atoms with van der Waals surface area (Å²) >= 11 is 4.10. The lowest BCUT2D eigenvalue weighted by molar-refractivity contribution is -0.157. The summed E-state index contributed by atoms with van der Waals surface area (Å²) in [5, 5.41) is 23.5. The summed E-state index contributed by atoms with van der Waals surface area (Å²) in [4.78, 5) is 115. The van der Waals surface area contributed by atoms with Gasteiger partial charge in [-0.3, -0.25) is 38.4 Å². The number of aryl methyl sites for hydroxylation is 2. The first kappa shape index (κ1) is 60.8. The molecule has 0 bridgehead atoms. The highest BCUT2D eigenvalue weighted by molar-refractivity contribution is 7.82. The molecule has 0 saturated carbocycles. The Morgan fingerprint density at radius 2 is 1.65 bits per heavy atom. The van der Waals surface area contributed by atoms with Gasteiger partial charge in [0, 0.05) is 53.8 Å². The van der Waals surface area contributed by atoms with Crippen LogP contribution in [0.5, 0.6) is 0 Å². The Balaban J connectivity index is 0.000000344. The van der Waals surface area contributed by atoms with Crippen molar-refractivity contribution in [3.8, 4) is 11.4 Å². The first-order chi connectivity index (χ1) is 38.9. The molecule has 1 aliphatic carbocycles. The van der Waals surface area contributed by atoms with Crippen molar-refractivity contribution in [3.05, 3.63) is 127 Å². The molecule has 3 aliphatic heterocycles. The van der Waals surface area contributed by atoms with Crippen LogP contribution >= 0.6 is 12.6 Å². The van der Waals surface area contributed by atoms with Crippen LogP contribution < -0.4 is 37.0 Å². The fourth-order valence-corrected chi connectivity index (χ4v) is 10.5. The standard InChI is InChI=1S/C41H43FN6O10.C15H18N2O3S.C2H6/c1-22-24-8-9-41(2,19-56-10-11-57-21-45-32(50)16-44-38(53)30(46-33(51)15-43-20-49)12-23-6-4-3-5-7-23)35-26-17-48-31(36(26)47-29(34(24)35)14-28(22)42)13-25-27(39(48)54)18-58-40(55)37(25)52;1-2-16-13(18)8-5-10-3-6-11(7-4-10)17-14(19)9-12(21)15(17)20;1-2/h3-7,13-14,20,30,37,52H,8-12,15-19,21H2,1-2H3,(H,43,49)(H,44,53)(H,45,50)(H,46,51);3-4,6-7,12,21H,2,5,8-9H2,1H3,(H,16,18);1-2H3/t30?,37?,41-;;/m0../s1. The predicted octanol–water partition coefficient (Wildman–Crippen LogP) is 3.21.